The summed E-state index contributed by atoms with van der Waals surface area (Å²) in [5.74, 6) is 0. The fourth-order valence-corrected chi connectivity index (χ4v) is 1.33. The number of hydrogen-bond donors (Lipinski definition) is 1. The van der Waals surface area contributed by atoms with Crippen LogP contribution in [0, 0.1) is 0 Å². The fraction of sp³-hybridized carbons (Fsp3) is 1.00. The summed E-state index contributed by atoms with van der Waals surface area (Å²) in [6, 6.07) is 0. The first-order valence-corrected chi connectivity index (χ1v) is 4.97. The second-order valence-electron chi connectivity index (χ2n) is 3.53. The highest BCUT2D eigenvalue weighted by molar-refractivity contribution is 4.80. The third-order valence-corrected chi connectivity index (χ3v) is 2.69. The molecule has 2 N–H and O–H groups in total. The molecule has 0 saturated carbocycles. The van der Waals surface area contributed by atoms with Crippen molar-refractivity contribution < 1.29 is 0 Å². The van der Waals surface area contributed by atoms with E-state index in [2.05, 4.69) is 20.8 Å². The van der Waals surface area contributed by atoms with Crippen LogP contribution >= 0.6 is 0 Å². The Hall–Kier alpha value is -0.0400. The molecule has 0 fully saturated rings. The van der Waals surface area contributed by atoms with Crippen LogP contribution in [-0.4, -0.2) is 5.54 Å². The van der Waals surface area contributed by atoms with E-state index in [4.69, 9.17) is 5.73 Å². The van der Waals surface area contributed by atoms with E-state index < -0.39 is 0 Å². The third kappa shape index (κ3) is 4.41. The van der Waals surface area contributed by atoms with Crippen LogP contribution in [0.5, 0.6) is 0 Å². The molecule has 0 heterocycles. The molecular weight excluding hydrogens is 134 g/mol. The van der Waals surface area contributed by atoms with E-state index in [-0.39, 0.29) is 5.54 Å². The molecular formula is C10H23N. The van der Waals surface area contributed by atoms with Crippen LogP contribution < -0.4 is 5.73 Å². The Morgan fingerprint density at radius 3 is 1.91 bits per heavy atom. The van der Waals surface area contributed by atoms with Gasteiger partial charge < -0.3 is 5.73 Å². The molecule has 0 saturated heterocycles. The van der Waals surface area contributed by atoms with Crippen molar-refractivity contribution >= 4 is 0 Å². The fourth-order valence-electron chi connectivity index (χ4n) is 1.33. The standard InChI is InChI=1S/C10H23N/c1-4-7-8-9-10(11,5-2)6-3/h4-9,11H2,1-3H3. The average Bonchev–Trinajstić information content (AvgIpc) is 2.05. The van der Waals surface area contributed by atoms with Crippen molar-refractivity contribution in [3.8, 4) is 0 Å². The summed E-state index contributed by atoms with van der Waals surface area (Å²) in [6.07, 6.45) is 7.37. The number of hydrogen-bond acceptors (Lipinski definition) is 1. The predicted octanol–water partition coefficient (Wildman–Crippen LogP) is 3.08. The van der Waals surface area contributed by atoms with Gasteiger partial charge in [-0.1, -0.05) is 40.0 Å². The average molecular weight is 157 g/mol. The molecule has 0 aliphatic carbocycles. The Morgan fingerprint density at radius 1 is 1.00 bits per heavy atom. The molecule has 0 aromatic heterocycles. The van der Waals surface area contributed by atoms with Gasteiger partial charge in [0.05, 0.1) is 0 Å². The van der Waals surface area contributed by atoms with Crippen LogP contribution in [0.15, 0.2) is 0 Å². The molecule has 11 heavy (non-hydrogen) atoms. The van der Waals surface area contributed by atoms with E-state index in [1.807, 2.05) is 0 Å². The molecule has 0 atom stereocenters. The molecule has 0 spiro atoms. The molecule has 0 unspecified atom stereocenters. The highest BCUT2D eigenvalue weighted by atomic mass is 14.7. The summed E-state index contributed by atoms with van der Waals surface area (Å²) < 4.78 is 0. The second kappa shape index (κ2) is 5.59. The van der Waals surface area contributed by atoms with Crippen molar-refractivity contribution in [2.24, 2.45) is 5.73 Å². The largest absolute Gasteiger partial charge is 0.325 e. The number of nitrogens with two attached hydrogens (primary N) is 1. The van der Waals surface area contributed by atoms with E-state index >= 15 is 0 Å². The van der Waals surface area contributed by atoms with Crippen LogP contribution in [0.1, 0.15) is 59.3 Å². The summed E-state index contributed by atoms with van der Waals surface area (Å²) in [5.41, 5.74) is 6.27. The molecule has 0 amide bonds. The molecule has 0 rings (SSSR count). The SMILES string of the molecule is CCCCCC(N)(CC)CC. The van der Waals surface area contributed by atoms with E-state index in [0.717, 1.165) is 12.8 Å². The third-order valence-electron chi connectivity index (χ3n) is 2.69. The molecule has 1 heteroatoms. The van der Waals surface area contributed by atoms with Gasteiger partial charge in [0.25, 0.3) is 0 Å². The normalized spacial score (nSPS) is 12.0. The lowest BCUT2D eigenvalue weighted by atomic mass is 9.88. The molecule has 0 aliphatic rings. The molecule has 0 aliphatic heterocycles. The number of unbranched alkanes of at least 4 members (excludes halogenated alkanes) is 2. The highest BCUT2D eigenvalue weighted by Gasteiger charge is 2.18. The quantitative estimate of drug-likeness (QED) is 0.589. The molecule has 0 aromatic carbocycles. The molecule has 1 nitrogen and oxygen atoms in total. The monoisotopic (exact) mass is 157 g/mol. The minimum Gasteiger partial charge on any atom is -0.325 e. The predicted molar refractivity (Wildman–Crippen MR) is 51.6 cm³/mol. The summed E-state index contributed by atoms with van der Waals surface area (Å²) >= 11 is 0. The van der Waals surface area contributed by atoms with E-state index in [0.29, 0.717) is 0 Å². The lowest BCUT2D eigenvalue weighted by Gasteiger charge is -2.26. The molecule has 68 valence electrons. The maximum absolute atomic E-state index is 6.14. The van der Waals surface area contributed by atoms with Crippen molar-refractivity contribution in [3.05, 3.63) is 0 Å². The maximum atomic E-state index is 6.14. The van der Waals surface area contributed by atoms with Gasteiger partial charge in [-0.25, -0.2) is 0 Å². The second-order valence-corrected chi connectivity index (χ2v) is 3.53. The van der Waals surface area contributed by atoms with Gasteiger partial charge in [0, 0.05) is 5.54 Å². The topological polar surface area (TPSA) is 26.0 Å². The summed E-state index contributed by atoms with van der Waals surface area (Å²) in [5, 5.41) is 0. The minimum atomic E-state index is 0.134. The van der Waals surface area contributed by atoms with Crippen molar-refractivity contribution in [2.45, 2.75) is 64.8 Å². The Balaban J connectivity index is 3.51. The van der Waals surface area contributed by atoms with Crippen LogP contribution in [-0.2, 0) is 0 Å². The Labute approximate surface area is 71.4 Å². The van der Waals surface area contributed by atoms with Gasteiger partial charge in [-0.2, -0.15) is 0 Å². The van der Waals surface area contributed by atoms with E-state index in [9.17, 15) is 0 Å². The zero-order valence-electron chi connectivity index (χ0n) is 8.32. The first-order valence-electron chi connectivity index (χ1n) is 4.97. The van der Waals surface area contributed by atoms with Gasteiger partial charge in [0.1, 0.15) is 0 Å². The molecule has 0 radical (unpaired) electrons. The van der Waals surface area contributed by atoms with Crippen LogP contribution in [0.3, 0.4) is 0 Å². The van der Waals surface area contributed by atoms with Crippen molar-refractivity contribution in [1.82, 2.24) is 0 Å². The van der Waals surface area contributed by atoms with Gasteiger partial charge in [-0.3, -0.25) is 0 Å². The Kier molecular flexibility index (Phi) is 5.57. The number of rotatable bonds is 6. The van der Waals surface area contributed by atoms with Crippen LogP contribution in [0.25, 0.3) is 0 Å². The smallest absolute Gasteiger partial charge is 0.0149 e. The lowest BCUT2D eigenvalue weighted by Crippen LogP contribution is -2.38. The van der Waals surface area contributed by atoms with Crippen LogP contribution in [0.4, 0.5) is 0 Å². The Morgan fingerprint density at radius 2 is 1.55 bits per heavy atom. The minimum absolute atomic E-state index is 0.134. The van der Waals surface area contributed by atoms with E-state index in [1.54, 1.807) is 0 Å². The van der Waals surface area contributed by atoms with Crippen molar-refractivity contribution in [1.29, 1.82) is 0 Å². The maximum Gasteiger partial charge on any atom is 0.0149 e. The van der Waals surface area contributed by atoms with Gasteiger partial charge in [0.15, 0.2) is 0 Å². The zero-order chi connectivity index (χ0) is 8.74. The Bertz CT molecular complexity index is 84.9. The lowest BCUT2D eigenvalue weighted by molar-refractivity contribution is 0.352. The van der Waals surface area contributed by atoms with E-state index in [1.165, 1.54) is 25.7 Å². The first-order chi connectivity index (χ1) is 5.18. The van der Waals surface area contributed by atoms with Gasteiger partial charge >= 0.3 is 0 Å². The van der Waals surface area contributed by atoms with Crippen molar-refractivity contribution in [2.75, 3.05) is 0 Å². The molecule has 0 bridgehead atoms. The summed E-state index contributed by atoms with van der Waals surface area (Å²) in [7, 11) is 0. The highest BCUT2D eigenvalue weighted by Crippen LogP contribution is 2.19. The zero-order valence-corrected chi connectivity index (χ0v) is 8.32. The van der Waals surface area contributed by atoms with Gasteiger partial charge in [-0.15, -0.1) is 0 Å². The summed E-state index contributed by atoms with van der Waals surface area (Å²) in [6.45, 7) is 6.61. The van der Waals surface area contributed by atoms with Crippen molar-refractivity contribution in [3.63, 3.8) is 0 Å². The first kappa shape index (κ1) is 11.0. The van der Waals surface area contributed by atoms with Gasteiger partial charge in [-0.05, 0) is 19.3 Å². The van der Waals surface area contributed by atoms with Gasteiger partial charge in [0.2, 0.25) is 0 Å². The summed E-state index contributed by atoms with van der Waals surface area (Å²) in [4.78, 5) is 0. The van der Waals surface area contributed by atoms with Crippen LogP contribution in [0.2, 0.25) is 0 Å². The molecule has 0 aromatic rings.